The lowest BCUT2D eigenvalue weighted by Crippen LogP contribution is -2.44. The predicted octanol–water partition coefficient (Wildman–Crippen LogP) is 2.59. The van der Waals surface area contributed by atoms with E-state index in [0.717, 1.165) is 38.3 Å². The first-order chi connectivity index (χ1) is 10.3. The molecule has 0 saturated carbocycles. The van der Waals surface area contributed by atoms with E-state index in [1.807, 2.05) is 12.1 Å². The number of ether oxygens (including phenoxy) is 2. The molecule has 1 aliphatic heterocycles. The van der Waals surface area contributed by atoms with Crippen LogP contribution in [0.15, 0.2) is 24.3 Å². The van der Waals surface area contributed by atoms with Crippen LogP contribution in [0.2, 0.25) is 0 Å². The number of likely N-dealkylation sites (tertiary alicyclic amines) is 1. The Hall–Kier alpha value is -1.10. The Labute approximate surface area is 128 Å². The maximum absolute atomic E-state index is 6.07. The Morgan fingerprint density at radius 2 is 2.19 bits per heavy atom. The first-order valence-electron chi connectivity index (χ1n) is 7.98. The minimum atomic E-state index is 0.203. The summed E-state index contributed by atoms with van der Waals surface area (Å²) < 4.78 is 11.4. The fraction of sp³-hybridized carbons (Fsp3) is 0.647. The number of benzene rings is 1. The van der Waals surface area contributed by atoms with Crippen molar-refractivity contribution in [2.45, 2.75) is 38.3 Å². The molecular formula is C17H28N2O2. The van der Waals surface area contributed by atoms with E-state index in [2.05, 4.69) is 24.0 Å². The van der Waals surface area contributed by atoms with Crippen LogP contribution in [0.5, 0.6) is 5.75 Å². The van der Waals surface area contributed by atoms with E-state index in [9.17, 15) is 0 Å². The van der Waals surface area contributed by atoms with Crippen LogP contribution in [0, 0.1) is 0 Å². The fourth-order valence-corrected chi connectivity index (χ4v) is 3.08. The second-order valence-corrected chi connectivity index (χ2v) is 5.62. The summed E-state index contributed by atoms with van der Waals surface area (Å²) in [5.74, 6) is 0.921. The summed E-state index contributed by atoms with van der Waals surface area (Å²) in [4.78, 5) is 2.45. The molecule has 0 aliphatic carbocycles. The molecule has 118 valence electrons. The molecule has 2 N–H and O–H groups in total. The van der Waals surface area contributed by atoms with E-state index in [-0.39, 0.29) is 6.04 Å². The second kappa shape index (κ2) is 8.37. The normalized spacial score (nSPS) is 21.2. The van der Waals surface area contributed by atoms with Gasteiger partial charge in [0.2, 0.25) is 0 Å². The van der Waals surface area contributed by atoms with Crippen molar-refractivity contribution in [3.8, 4) is 5.75 Å². The first kappa shape index (κ1) is 16.3. The van der Waals surface area contributed by atoms with E-state index < -0.39 is 0 Å². The number of para-hydroxylation sites is 1. The van der Waals surface area contributed by atoms with Gasteiger partial charge < -0.3 is 15.2 Å². The van der Waals surface area contributed by atoms with Gasteiger partial charge in [0.05, 0.1) is 19.3 Å². The van der Waals surface area contributed by atoms with Crippen LogP contribution in [0.3, 0.4) is 0 Å². The Balaban J connectivity index is 2.09. The van der Waals surface area contributed by atoms with Gasteiger partial charge in [0.15, 0.2) is 0 Å². The number of methoxy groups -OCH3 is 1. The van der Waals surface area contributed by atoms with Gasteiger partial charge in [-0.1, -0.05) is 25.1 Å². The molecule has 1 heterocycles. The van der Waals surface area contributed by atoms with Crippen molar-refractivity contribution in [3.63, 3.8) is 0 Å². The fourth-order valence-electron chi connectivity index (χ4n) is 3.08. The number of piperidine rings is 1. The summed E-state index contributed by atoms with van der Waals surface area (Å²) in [5.41, 5.74) is 7.25. The lowest BCUT2D eigenvalue weighted by molar-refractivity contribution is -0.0121. The van der Waals surface area contributed by atoms with Gasteiger partial charge in [-0.3, -0.25) is 4.90 Å². The Morgan fingerprint density at radius 3 is 2.90 bits per heavy atom. The Morgan fingerprint density at radius 1 is 1.38 bits per heavy atom. The summed E-state index contributed by atoms with van der Waals surface area (Å²) in [6, 6.07) is 8.38. The Kier molecular flexibility index (Phi) is 6.49. The minimum absolute atomic E-state index is 0.203. The molecule has 4 heteroatoms. The third-order valence-corrected chi connectivity index (χ3v) is 4.13. The number of nitrogens with zero attached hydrogens (tertiary/aromatic N) is 1. The standard InChI is InChI=1S/C17H28N2O2/c1-3-11-21-14-7-6-10-19(13-14)16(12-18)15-8-4-5-9-17(15)20-2/h4-5,8-9,14,16H,3,6-7,10-13,18H2,1-2H3. The molecule has 4 nitrogen and oxygen atoms in total. The maximum atomic E-state index is 6.07. The lowest BCUT2D eigenvalue weighted by atomic mass is 9.99. The van der Waals surface area contributed by atoms with Crippen LogP contribution in [-0.2, 0) is 4.74 Å². The summed E-state index contributed by atoms with van der Waals surface area (Å²) >= 11 is 0. The van der Waals surface area contributed by atoms with Crippen LogP contribution >= 0.6 is 0 Å². The smallest absolute Gasteiger partial charge is 0.123 e. The zero-order valence-corrected chi connectivity index (χ0v) is 13.3. The summed E-state index contributed by atoms with van der Waals surface area (Å²) in [7, 11) is 1.72. The monoisotopic (exact) mass is 292 g/mol. The SMILES string of the molecule is CCCOC1CCCN(C(CN)c2ccccc2OC)C1. The average molecular weight is 292 g/mol. The van der Waals surface area contributed by atoms with Gasteiger partial charge >= 0.3 is 0 Å². The van der Waals surface area contributed by atoms with Crippen LogP contribution in [-0.4, -0.2) is 44.4 Å². The van der Waals surface area contributed by atoms with Crippen LogP contribution in [0.4, 0.5) is 0 Å². The third kappa shape index (κ3) is 4.19. The molecule has 1 fully saturated rings. The van der Waals surface area contributed by atoms with Crippen molar-refractivity contribution in [2.75, 3.05) is 33.4 Å². The van der Waals surface area contributed by atoms with E-state index in [4.69, 9.17) is 15.2 Å². The molecule has 2 atom stereocenters. The average Bonchev–Trinajstić information content (AvgIpc) is 2.54. The van der Waals surface area contributed by atoms with Gasteiger partial charge in [-0.15, -0.1) is 0 Å². The molecule has 1 saturated heterocycles. The van der Waals surface area contributed by atoms with Gasteiger partial charge in [-0.25, -0.2) is 0 Å². The molecule has 2 unspecified atom stereocenters. The molecule has 1 aromatic rings. The van der Waals surface area contributed by atoms with Crippen LogP contribution in [0.25, 0.3) is 0 Å². The number of hydrogen-bond donors (Lipinski definition) is 1. The van der Waals surface area contributed by atoms with Gasteiger partial charge in [0.1, 0.15) is 5.75 Å². The van der Waals surface area contributed by atoms with Gasteiger partial charge in [-0.05, 0) is 31.9 Å². The largest absolute Gasteiger partial charge is 0.496 e. The van der Waals surface area contributed by atoms with Crippen molar-refractivity contribution in [1.82, 2.24) is 4.90 Å². The van der Waals surface area contributed by atoms with Crippen molar-refractivity contribution in [2.24, 2.45) is 5.73 Å². The quantitative estimate of drug-likeness (QED) is 0.839. The zero-order chi connectivity index (χ0) is 15.1. The molecule has 21 heavy (non-hydrogen) atoms. The second-order valence-electron chi connectivity index (χ2n) is 5.62. The molecule has 2 rings (SSSR count). The topological polar surface area (TPSA) is 47.7 Å². The number of hydrogen-bond acceptors (Lipinski definition) is 4. The lowest BCUT2D eigenvalue weighted by Gasteiger charge is -2.38. The highest BCUT2D eigenvalue weighted by atomic mass is 16.5. The highest BCUT2D eigenvalue weighted by Crippen LogP contribution is 2.31. The van der Waals surface area contributed by atoms with Crippen molar-refractivity contribution in [3.05, 3.63) is 29.8 Å². The number of nitrogens with two attached hydrogens (primary N) is 1. The third-order valence-electron chi connectivity index (χ3n) is 4.13. The molecule has 1 aromatic carbocycles. The maximum Gasteiger partial charge on any atom is 0.123 e. The van der Waals surface area contributed by atoms with Crippen molar-refractivity contribution >= 4 is 0 Å². The summed E-state index contributed by atoms with van der Waals surface area (Å²) in [6.07, 6.45) is 3.73. The van der Waals surface area contributed by atoms with Crippen molar-refractivity contribution in [1.29, 1.82) is 0 Å². The van der Waals surface area contributed by atoms with E-state index >= 15 is 0 Å². The highest BCUT2D eigenvalue weighted by molar-refractivity contribution is 5.36. The molecule has 1 aliphatic rings. The minimum Gasteiger partial charge on any atom is -0.496 e. The highest BCUT2D eigenvalue weighted by Gasteiger charge is 2.27. The molecular weight excluding hydrogens is 264 g/mol. The van der Waals surface area contributed by atoms with E-state index in [1.54, 1.807) is 7.11 Å². The van der Waals surface area contributed by atoms with Gasteiger partial charge in [-0.2, -0.15) is 0 Å². The number of rotatable bonds is 7. The predicted molar refractivity (Wildman–Crippen MR) is 85.6 cm³/mol. The summed E-state index contributed by atoms with van der Waals surface area (Å²) in [6.45, 7) is 5.63. The van der Waals surface area contributed by atoms with E-state index in [0.29, 0.717) is 12.6 Å². The Bertz CT molecular complexity index is 425. The first-order valence-corrected chi connectivity index (χ1v) is 7.98. The van der Waals surface area contributed by atoms with Gasteiger partial charge in [0, 0.05) is 25.3 Å². The molecule has 0 radical (unpaired) electrons. The molecule has 0 spiro atoms. The molecule has 0 bridgehead atoms. The molecule has 0 aromatic heterocycles. The van der Waals surface area contributed by atoms with Crippen LogP contribution < -0.4 is 10.5 Å². The van der Waals surface area contributed by atoms with Gasteiger partial charge in [0.25, 0.3) is 0 Å². The zero-order valence-electron chi connectivity index (χ0n) is 13.3. The molecule has 0 amide bonds. The van der Waals surface area contributed by atoms with Crippen LogP contribution in [0.1, 0.15) is 37.8 Å². The van der Waals surface area contributed by atoms with Crippen molar-refractivity contribution < 1.29 is 9.47 Å². The summed E-state index contributed by atoms with van der Waals surface area (Å²) in [5, 5.41) is 0. The van der Waals surface area contributed by atoms with E-state index in [1.165, 1.54) is 12.0 Å².